The van der Waals surface area contributed by atoms with E-state index in [9.17, 15) is 29.5 Å². The fraction of sp³-hybridized carbons (Fsp3) is 0.561. The molecule has 1 unspecified atom stereocenters. The zero-order valence-electron chi connectivity index (χ0n) is 45.0. The summed E-state index contributed by atoms with van der Waals surface area (Å²) in [6, 6.07) is 16.7. The normalized spacial score (nSPS) is 22.9. The van der Waals surface area contributed by atoms with Crippen molar-refractivity contribution >= 4 is 52.4 Å². The van der Waals surface area contributed by atoms with Crippen LogP contribution < -0.4 is 25.6 Å². The number of β-amino-alcohol motifs (C(OH)–C–C–N with tert-alkyl or cyclic N) is 1. The van der Waals surface area contributed by atoms with Crippen LogP contribution in [0.4, 0.5) is 5.82 Å². The van der Waals surface area contributed by atoms with Gasteiger partial charge < -0.3 is 40.5 Å². The molecule has 4 aromatic rings. The van der Waals surface area contributed by atoms with Crippen molar-refractivity contribution in [1.82, 2.24) is 40.6 Å². The summed E-state index contributed by atoms with van der Waals surface area (Å²) in [5.74, 6) is 0.935. The molecule has 2 aromatic carbocycles. The Morgan fingerprint density at radius 2 is 1.61 bits per heavy atom. The molecular formula is C57H75ClN10O6S. The Morgan fingerprint density at radius 3 is 2.21 bits per heavy atom. The number of pyridine rings is 1. The molecule has 0 bridgehead atoms. The first-order chi connectivity index (χ1) is 35.5. The number of nitriles is 1. The van der Waals surface area contributed by atoms with Crippen LogP contribution in [0.25, 0.3) is 10.4 Å². The minimum Gasteiger partial charge on any atom is -0.489 e. The second-order valence-corrected chi connectivity index (χ2v) is 24.7. The molecule has 5 heterocycles. The highest BCUT2D eigenvalue weighted by Gasteiger charge is 2.64. The lowest BCUT2D eigenvalue weighted by Gasteiger charge is -2.63. The van der Waals surface area contributed by atoms with Gasteiger partial charge in [0.2, 0.25) is 17.7 Å². The number of aliphatic hydroxyl groups excluding tert-OH is 1. The highest BCUT2D eigenvalue weighted by atomic mass is 35.5. The summed E-state index contributed by atoms with van der Waals surface area (Å²) >= 11 is 7.86. The molecule has 3 aliphatic heterocycles. The number of piperidine rings is 1. The van der Waals surface area contributed by atoms with Crippen molar-refractivity contribution < 1.29 is 29.0 Å². The SMILES string of the molecule is Cc1ncsc1-c1ccc([C@H](C)NC(=O)[C@H]2C[C@@H](O)CN2C(=O)C(NC(=O)CN2CCN(CCC3CCN(c4ccc(C(=O)N[C@H]5C(C)(C)[C@H](Oc6ccc(C#N)c(Cl)c6)C5(C)C)cn4)CC3)CC2)C(C)(C)C)cc1. The summed E-state index contributed by atoms with van der Waals surface area (Å²) in [6.45, 7) is 24.1. The summed E-state index contributed by atoms with van der Waals surface area (Å²) in [5.41, 5.74) is 4.28. The highest BCUT2D eigenvalue weighted by molar-refractivity contribution is 7.13. The van der Waals surface area contributed by atoms with E-state index in [-0.39, 0.29) is 72.2 Å². The van der Waals surface area contributed by atoms with Crippen LogP contribution in [0.3, 0.4) is 0 Å². The highest BCUT2D eigenvalue weighted by Crippen LogP contribution is 2.55. The molecule has 4 amide bonds. The average Bonchev–Trinajstić information content (AvgIpc) is 4.00. The smallest absolute Gasteiger partial charge is 0.253 e. The number of likely N-dealkylation sites (tertiary alicyclic amines) is 1. The summed E-state index contributed by atoms with van der Waals surface area (Å²) < 4.78 is 6.39. The maximum absolute atomic E-state index is 14.3. The minimum absolute atomic E-state index is 0.0172. The first-order valence-corrected chi connectivity index (χ1v) is 27.7. The van der Waals surface area contributed by atoms with E-state index in [1.807, 2.05) is 76.5 Å². The molecule has 4 atom stereocenters. The largest absolute Gasteiger partial charge is 0.489 e. The third-order valence-electron chi connectivity index (χ3n) is 16.1. The number of nitrogens with zero attached hydrogens (tertiary/aromatic N) is 7. The molecule has 1 aliphatic carbocycles. The average molecular weight is 1060 g/mol. The lowest BCUT2D eigenvalue weighted by atomic mass is 9.49. The Hall–Kier alpha value is -5.64. The van der Waals surface area contributed by atoms with Crippen LogP contribution in [0.15, 0.2) is 66.3 Å². The molecule has 4 aliphatic rings. The molecule has 3 saturated heterocycles. The van der Waals surface area contributed by atoms with Crippen molar-refractivity contribution in [3.05, 3.63) is 93.7 Å². The number of carbonyl (C=O) groups excluding carboxylic acids is 4. The van der Waals surface area contributed by atoms with Crippen molar-refractivity contribution in [2.24, 2.45) is 22.2 Å². The lowest BCUT2D eigenvalue weighted by Crippen LogP contribution is -2.74. The second-order valence-electron chi connectivity index (χ2n) is 23.4. The van der Waals surface area contributed by atoms with E-state index >= 15 is 0 Å². The molecule has 4 fully saturated rings. The van der Waals surface area contributed by atoms with E-state index in [1.54, 1.807) is 35.7 Å². The number of hydrogen-bond acceptors (Lipinski definition) is 13. The predicted octanol–water partition coefficient (Wildman–Crippen LogP) is 7.24. The van der Waals surface area contributed by atoms with Gasteiger partial charge in [-0.05, 0) is 86.4 Å². The molecule has 4 N–H and O–H groups in total. The van der Waals surface area contributed by atoms with Crippen LogP contribution in [0.5, 0.6) is 5.75 Å². The third-order valence-corrected chi connectivity index (χ3v) is 17.4. The number of aliphatic hydroxyl groups is 1. The molecule has 18 heteroatoms. The summed E-state index contributed by atoms with van der Waals surface area (Å²) in [4.78, 5) is 73.8. The fourth-order valence-corrected chi connectivity index (χ4v) is 13.0. The number of rotatable bonds is 16. The number of amides is 4. The van der Waals surface area contributed by atoms with Gasteiger partial charge in [0, 0.05) is 81.4 Å². The second kappa shape index (κ2) is 22.9. The molecule has 402 valence electrons. The van der Waals surface area contributed by atoms with Crippen LogP contribution in [-0.4, -0.2) is 143 Å². The van der Waals surface area contributed by atoms with E-state index in [2.05, 4.69) is 69.4 Å². The number of thiazole rings is 1. The Morgan fingerprint density at radius 1 is 0.933 bits per heavy atom. The maximum atomic E-state index is 14.3. The first kappa shape index (κ1) is 55.6. The van der Waals surface area contributed by atoms with E-state index in [0.717, 1.165) is 92.6 Å². The number of hydrogen-bond donors (Lipinski definition) is 4. The molecule has 1 saturated carbocycles. The van der Waals surface area contributed by atoms with Gasteiger partial charge in [0.25, 0.3) is 5.91 Å². The van der Waals surface area contributed by atoms with Gasteiger partial charge >= 0.3 is 0 Å². The van der Waals surface area contributed by atoms with Crippen LogP contribution >= 0.6 is 22.9 Å². The van der Waals surface area contributed by atoms with Gasteiger partial charge in [0.1, 0.15) is 35.8 Å². The number of piperazine rings is 1. The summed E-state index contributed by atoms with van der Waals surface area (Å²) in [5, 5.41) is 29.7. The van der Waals surface area contributed by atoms with Crippen LogP contribution in [0, 0.1) is 40.4 Å². The minimum atomic E-state index is -0.891. The van der Waals surface area contributed by atoms with E-state index < -0.39 is 23.6 Å². The van der Waals surface area contributed by atoms with Gasteiger partial charge in [0.05, 0.1) is 50.9 Å². The topological polar surface area (TPSA) is 196 Å². The van der Waals surface area contributed by atoms with Crippen molar-refractivity contribution in [3.63, 3.8) is 0 Å². The molecule has 8 rings (SSSR count). The number of nitrogens with one attached hydrogen (secondary N) is 3. The number of ether oxygens (including phenoxy) is 1. The zero-order valence-corrected chi connectivity index (χ0v) is 46.6. The Labute approximate surface area is 451 Å². The predicted molar refractivity (Wildman–Crippen MR) is 292 cm³/mol. The molecule has 16 nitrogen and oxygen atoms in total. The van der Waals surface area contributed by atoms with Gasteiger partial charge in [-0.15, -0.1) is 11.3 Å². The molecule has 75 heavy (non-hydrogen) atoms. The zero-order chi connectivity index (χ0) is 54.0. The first-order valence-electron chi connectivity index (χ1n) is 26.4. The number of benzene rings is 2. The molecule has 2 aromatic heterocycles. The quantitative estimate of drug-likeness (QED) is 0.0880. The van der Waals surface area contributed by atoms with Crippen molar-refractivity contribution in [1.29, 1.82) is 5.26 Å². The number of aromatic nitrogens is 2. The number of halogens is 1. The number of aryl methyl sites for hydroxylation is 1. The van der Waals surface area contributed by atoms with Gasteiger partial charge in [-0.3, -0.25) is 24.1 Å². The molecular weight excluding hydrogens is 988 g/mol. The van der Waals surface area contributed by atoms with Crippen molar-refractivity contribution in [2.45, 2.75) is 124 Å². The van der Waals surface area contributed by atoms with E-state index in [4.69, 9.17) is 21.3 Å². The van der Waals surface area contributed by atoms with Gasteiger partial charge in [-0.25, -0.2) is 9.97 Å². The van der Waals surface area contributed by atoms with Crippen molar-refractivity contribution in [2.75, 3.05) is 63.8 Å². The van der Waals surface area contributed by atoms with E-state index in [1.165, 1.54) is 4.90 Å². The Balaban J connectivity index is 0.743. The van der Waals surface area contributed by atoms with Gasteiger partial charge in [-0.1, -0.05) is 84.3 Å². The standard InChI is InChI=1S/C57H75ClN10O6S/c1-35(38-10-12-39(13-11-38)48-36(2)61-34-75-48)62-51(72)45-28-42(69)32-68(45)52(73)49(55(3,4)5)63-47(70)33-66-26-24-65(25-27-66)21-18-37-19-22-67(23-20-37)46-17-15-41(31-60-46)50(71)64-53-56(6,7)54(57(53,8)9)74-43-16-14-40(30-59)44(58)29-43/h10-17,29,31,34-35,37,42,45,49,53-54,69H,18-28,32-33H2,1-9H3,(H,62,72)(H,63,70)(H,64,71)/t35-,42+,45+,49?,53-,54-/m0/s1. The number of anilines is 1. The molecule has 0 spiro atoms. The van der Waals surface area contributed by atoms with Crippen LogP contribution in [0.1, 0.15) is 114 Å². The monoisotopic (exact) mass is 1060 g/mol. The van der Waals surface area contributed by atoms with Gasteiger partial charge in [-0.2, -0.15) is 5.26 Å². The summed E-state index contributed by atoms with van der Waals surface area (Å²) in [6.07, 6.45) is 3.96. The van der Waals surface area contributed by atoms with Crippen LogP contribution in [-0.2, 0) is 14.4 Å². The maximum Gasteiger partial charge on any atom is 0.253 e. The fourth-order valence-electron chi connectivity index (χ4n) is 11.9. The summed E-state index contributed by atoms with van der Waals surface area (Å²) in [7, 11) is 0. The third kappa shape index (κ3) is 12.6. The number of carbonyl (C=O) groups is 4. The molecule has 0 radical (unpaired) electrons. The van der Waals surface area contributed by atoms with Gasteiger partial charge in [0.15, 0.2) is 0 Å². The van der Waals surface area contributed by atoms with Crippen LogP contribution in [0.2, 0.25) is 5.02 Å². The lowest BCUT2D eigenvalue weighted by molar-refractivity contribution is -0.164. The Kier molecular flexibility index (Phi) is 17.0. The van der Waals surface area contributed by atoms with E-state index in [0.29, 0.717) is 27.8 Å². The Bertz CT molecular complexity index is 2710. The van der Waals surface area contributed by atoms with Crippen molar-refractivity contribution in [3.8, 4) is 22.3 Å².